The number of benzene rings is 4. The fourth-order valence-electron chi connectivity index (χ4n) is 6.21. The first kappa shape index (κ1) is 29.1. The third-order valence-electron chi connectivity index (χ3n) is 8.32. The first-order chi connectivity index (χ1) is 19.6. The van der Waals surface area contributed by atoms with Gasteiger partial charge in [0, 0.05) is 19.0 Å². The van der Waals surface area contributed by atoms with Gasteiger partial charge in [-0.25, -0.2) is 0 Å². The van der Waals surface area contributed by atoms with E-state index in [2.05, 4.69) is 73.3 Å². The van der Waals surface area contributed by atoms with Crippen molar-refractivity contribution < 1.29 is 18.0 Å². The Hall–Kier alpha value is -3.44. The van der Waals surface area contributed by atoms with Crippen LogP contribution in [0.4, 0.5) is 13.2 Å². The van der Waals surface area contributed by atoms with E-state index in [9.17, 15) is 18.0 Å². The average molecular weight is 558 g/mol. The molecule has 2 unspecified atom stereocenters. The fourth-order valence-corrected chi connectivity index (χ4v) is 6.21. The summed E-state index contributed by atoms with van der Waals surface area (Å²) in [5, 5.41) is 2.48. The maximum Gasteiger partial charge on any atom is 0.416 e. The highest BCUT2D eigenvalue weighted by Crippen LogP contribution is 2.37. The van der Waals surface area contributed by atoms with E-state index in [4.69, 9.17) is 0 Å². The van der Waals surface area contributed by atoms with Crippen LogP contribution in [0.1, 0.15) is 74.1 Å². The summed E-state index contributed by atoms with van der Waals surface area (Å²) in [7, 11) is 0. The molecule has 1 heterocycles. The summed E-state index contributed by atoms with van der Waals surface area (Å²) in [5.41, 5.74) is 4.36. The van der Waals surface area contributed by atoms with Gasteiger partial charge in [0.05, 0.1) is 5.56 Å². The number of carbonyl (C=O) groups excluding carboxylic acids is 1. The lowest BCUT2D eigenvalue weighted by molar-refractivity contribution is -0.137. The van der Waals surface area contributed by atoms with Crippen molar-refractivity contribution in [2.45, 2.75) is 64.6 Å². The van der Waals surface area contributed by atoms with Gasteiger partial charge < -0.3 is 0 Å². The molecule has 1 saturated heterocycles. The second-order valence-electron chi connectivity index (χ2n) is 12.0. The molecule has 0 amide bonds. The largest absolute Gasteiger partial charge is 0.416 e. The molecule has 2 atom stereocenters. The smallest absolute Gasteiger partial charge is 0.299 e. The maximum atomic E-state index is 13.2. The Balaban J connectivity index is 1.46. The lowest BCUT2D eigenvalue weighted by Gasteiger charge is -2.34. The standard InChI is InChI=1S/C36H38F3NO/c1-24(2)17-35(25(3)41)33-20-31(28-12-14-34(15-13-28)36(37,38)39)19-32(21-33)30-9-6-16-40(23-30)22-26-10-11-27-7-4-5-8-29(27)18-26/h4-5,7-8,10-15,18-21,24,30,35H,6,9,16-17,22-23H2,1-3H3. The van der Waals surface area contributed by atoms with Crippen LogP contribution in [-0.4, -0.2) is 23.8 Å². The zero-order chi connectivity index (χ0) is 29.1. The second-order valence-corrected chi connectivity index (χ2v) is 12.0. The lowest BCUT2D eigenvalue weighted by atomic mass is 9.82. The van der Waals surface area contributed by atoms with Crippen molar-refractivity contribution >= 4 is 16.6 Å². The van der Waals surface area contributed by atoms with Crippen molar-refractivity contribution in [2.75, 3.05) is 13.1 Å². The van der Waals surface area contributed by atoms with Gasteiger partial charge in [-0.1, -0.05) is 80.6 Å². The van der Waals surface area contributed by atoms with Crippen molar-refractivity contribution in [3.05, 3.63) is 107 Å². The highest BCUT2D eigenvalue weighted by molar-refractivity contribution is 5.84. The van der Waals surface area contributed by atoms with E-state index in [0.29, 0.717) is 5.92 Å². The van der Waals surface area contributed by atoms with E-state index in [1.807, 2.05) is 6.07 Å². The second kappa shape index (κ2) is 12.2. The number of carbonyl (C=O) groups is 1. The summed E-state index contributed by atoms with van der Waals surface area (Å²) < 4.78 is 39.7. The topological polar surface area (TPSA) is 20.3 Å². The van der Waals surface area contributed by atoms with E-state index in [1.54, 1.807) is 19.1 Å². The Labute approximate surface area is 241 Å². The molecule has 0 aliphatic carbocycles. The summed E-state index contributed by atoms with van der Waals surface area (Å²) in [4.78, 5) is 15.3. The first-order valence-electron chi connectivity index (χ1n) is 14.6. The molecule has 1 fully saturated rings. The number of alkyl halides is 3. The predicted molar refractivity (Wildman–Crippen MR) is 161 cm³/mol. The minimum Gasteiger partial charge on any atom is -0.299 e. The molecule has 0 radical (unpaired) electrons. The van der Waals surface area contributed by atoms with Crippen LogP contribution in [0.25, 0.3) is 21.9 Å². The van der Waals surface area contributed by atoms with Gasteiger partial charge in [0.2, 0.25) is 0 Å². The Morgan fingerprint density at radius 2 is 1.63 bits per heavy atom. The molecular formula is C36H38F3NO. The van der Waals surface area contributed by atoms with Crippen LogP contribution in [0.5, 0.6) is 0 Å². The van der Waals surface area contributed by atoms with Gasteiger partial charge in [0.15, 0.2) is 0 Å². The molecule has 0 aromatic heterocycles. The van der Waals surface area contributed by atoms with Crippen molar-refractivity contribution in [3.8, 4) is 11.1 Å². The molecule has 0 N–H and O–H groups in total. The molecule has 214 valence electrons. The van der Waals surface area contributed by atoms with Gasteiger partial charge in [-0.05, 0) is 101 Å². The molecule has 5 heteroatoms. The molecule has 0 saturated carbocycles. The highest BCUT2D eigenvalue weighted by Gasteiger charge is 2.30. The molecule has 4 aromatic rings. The van der Waals surface area contributed by atoms with Crippen LogP contribution in [0.15, 0.2) is 84.9 Å². The molecule has 5 rings (SSSR count). The van der Waals surface area contributed by atoms with Gasteiger partial charge >= 0.3 is 6.18 Å². The van der Waals surface area contributed by atoms with E-state index >= 15 is 0 Å². The van der Waals surface area contributed by atoms with Crippen LogP contribution in [0.2, 0.25) is 0 Å². The van der Waals surface area contributed by atoms with Crippen LogP contribution in [-0.2, 0) is 17.5 Å². The number of fused-ring (bicyclic) bond motifs is 1. The third kappa shape index (κ3) is 7.08. The zero-order valence-corrected chi connectivity index (χ0v) is 24.0. The Morgan fingerprint density at radius 3 is 2.32 bits per heavy atom. The van der Waals surface area contributed by atoms with Crippen LogP contribution in [0, 0.1) is 5.92 Å². The summed E-state index contributed by atoms with van der Waals surface area (Å²) in [5.74, 6) is 0.509. The first-order valence-corrected chi connectivity index (χ1v) is 14.6. The van der Waals surface area contributed by atoms with Crippen LogP contribution >= 0.6 is 0 Å². The zero-order valence-electron chi connectivity index (χ0n) is 24.0. The maximum absolute atomic E-state index is 13.2. The predicted octanol–water partition coefficient (Wildman–Crippen LogP) is 9.62. The summed E-state index contributed by atoms with van der Waals surface area (Å²) >= 11 is 0. The minimum atomic E-state index is -4.38. The van der Waals surface area contributed by atoms with Crippen LogP contribution < -0.4 is 0 Å². The number of piperidine rings is 1. The quantitative estimate of drug-likeness (QED) is 0.215. The number of nitrogens with zero attached hydrogens (tertiary/aromatic N) is 1. The fraction of sp³-hybridized carbons (Fsp3) is 0.361. The van der Waals surface area contributed by atoms with Gasteiger partial charge in [-0.2, -0.15) is 13.2 Å². The summed E-state index contributed by atoms with van der Waals surface area (Å²) in [6, 6.07) is 26.8. The molecule has 4 aromatic carbocycles. The molecule has 0 spiro atoms. The third-order valence-corrected chi connectivity index (χ3v) is 8.32. The number of hydrogen-bond donors (Lipinski definition) is 0. The number of likely N-dealkylation sites (tertiary alicyclic amines) is 1. The Kier molecular flexibility index (Phi) is 8.65. The van der Waals surface area contributed by atoms with E-state index in [-0.39, 0.29) is 17.6 Å². The molecule has 1 aliphatic rings. The van der Waals surface area contributed by atoms with E-state index < -0.39 is 11.7 Å². The summed E-state index contributed by atoms with van der Waals surface area (Å²) in [6.45, 7) is 8.67. The Morgan fingerprint density at radius 1 is 0.902 bits per heavy atom. The summed E-state index contributed by atoms with van der Waals surface area (Å²) in [6.07, 6.45) is -1.53. The number of ketones is 1. The Bertz CT molecular complexity index is 1510. The lowest BCUT2D eigenvalue weighted by Crippen LogP contribution is -2.34. The molecule has 0 bridgehead atoms. The van der Waals surface area contributed by atoms with Gasteiger partial charge in [-0.15, -0.1) is 0 Å². The van der Waals surface area contributed by atoms with Crippen LogP contribution in [0.3, 0.4) is 0 Å². The highest BCUT2D eigenvalue weighted by atomic mass is 19.4. The number of Topliss-reactive ketones (excluding diaryl/α,β-unsaturated/α-hetero) is 1. The van der Waals surface area contributed by atoms with Crippen molar-refractivity contribution in [1.29, 1.82) is 0 Å². The van der Waals surface area contributed by atoms with E-state index in [1.165, 1.54) is 16.3 Å². The molecule has 2 nitrogen and oxygen atoms in total. The van der Waals surface area contributed by atoms with Crippen molar-refractivity contribution in [2.24, 2.45) is 5.92 Å². The van der Waals surface area contributed by atoms with Gasteiger partial charge in [0.1, 0.15) is 5.78 Å². The number of hydrogen-bond acceptors (Lipinski definition) is 2. The van der Waals surface area contributed by atoms with Gasteiger partial charge in [0.25, 0.3) is 0 Å². The number of halogens is 3. The van der Waals surface area contributed by atoms with Crippen molar-refractivity contribution in [1.82, 2.24) is 4.90 Å². The number of rotatable bonds is 8. The monoisotopic (exact) mass is 557 g/mol. The average Bonchev–Trinajstić information content (AvgIpc) is 2.95. The SMILES string of the molecule is CC(=O)C(CC(C)C)c1cc(-c2ccc(C(F)(F)F)cc2)cc(C2CCCN(Cc3ccc4ccccc4c3)C2)c1. The normalized spacial score (nSPS) is 17.2. The van der Waals surface area contributed by atoms with E-state index in [0.717, 1.165) is 73.3 Å². The molecular weight excluding hydrogens is 519 g/mol. The van der Waals surface area contributed by atoms with Crippen molar-refractivity contribution in [3.63, 3.8) is 0 Å². The molecule has 41 heavy (non-hydrogen) atoms. The molecule has 1 aliphatic heterocycles. The minimum absolute atomic E-state index is 0.121. The van der Waals surface area contributed by atoms with Gasteiger partial charge in [-0.3, -0.25) is 9.69 Å².